The van der Waals surface area contributed by atoms with E-state index in [0.29, 0.717) is 50.4 Å². The van der Waals surface area contributed by atoms with Crippen LogP contribution in [0.3, 0.4) is 0 Å². The molecule has 2 fully saturated rings. The average molecular weight is 395 g/mol. The standard InChI is InChI=1S/C19H23ClN2O5/c20-15-11-13(3-4-14(15)17(24)22-7-9-27-10-8-22)21-16(23)12-19(18(25)26)5-1-2-6-19/h3-4,11H,1-2,5-10,12H2,(H,21,23)(H,25,26). The Hall–Kier alpha value is -2.12. The Morgan fingerprint density at radius 1 is 1.19 bits per heavy atom. The van der Waals surface area contributed by atoms with Crippen LogP contribution in [0.1, 0.15) is 42.5 Å². The summed E-state index contributed by atoms with van der Waals surface area (Å²) in [4.78, 5) is 38.1. The van der Waals surface area contributed by atoms with Gasteiger partial charge in [0.05, 0.1) is 29.2 Å². The first-order valence-electron chi connectivity index (χ1n) is 9.11. The lowest BCUT2D eigenvalue weighted by molar-refractivity contribution is -0.150. The van der Waals surface area contributed by atoms with Gasteiger partial charge >= 0.3 is 5.97 Å². The fourth-order valence-electron chi connectivity index (χ4n) is 3.73. The third-order valence-corrected chi connectivity index (χ3v) is 5.61. The van der Waals surface area contributed by atoms with Crippen LogP contribution in [0.2, 0.25) is 5.02 Å². The lowest BCUT2D eigenvalue weighted by atomic mass is 9.82. The van der Waals surface area contributed by atoms with E-state index >= 15 is 0 Å². The van der Waals surface area contributed by atoms with Crippen LogP contribution in [-0.4, -0.2) is 54.1 Å². The Labute approximate surface area is 162 Å². The van der Waals surface area contributed by atoms with E-state index in [1.807, 2.05) is 0 Å². The van der Waals surface area contributed by atoms with Gasteiger partial charge in [-0.3, -0.25) is 14.4 Å². The number of anilines is 1. The van der Waals surface area contributed by atoms with E-state index in [-0.39, 0.29) is 23.3 Å². The van der Waals surface area contributed by atoms with Crippen LogP contribution < -0.4 is 5.32 Å². The Morgan fingerprint density at radius 3 is 2.44 bits per heavy atom. The molecule has 3 rings (SSSR count). The van der Waals surface area contributed by atoms with Gasteiger partial charge in [0.15, 0.2) is 0 Å². The summed E-state index contributed by atoms with van der Waals surface area (Å²) in [6.45, 7) is 2.04. The number of benzene rings is 1. The maximum atomic E-state index is 12.5. The summed E-state index contributed by atoms with van der Waals surface area (Å²) in [7, 11) is 0. The molecule has 7 nitrogen and oxygen atoms in total. The molecule has 146 valence electrons. The number of carbonyl (C=O) groups is 3. The first-order valence-corrected chi connectivity index (χ1v) is 9.49. The van der Waals surface area contributed by atoms with Crippen molar-refractivity contribution in [3.8, 4) is 0 Å². The van der Waals surface area contributed by atoms with Gasteiger partial charge in [0.2, 0.25) is 5.91 Å². The molecular formula is C19H23ClN2O5. The van der Waals surface area contributed by atoms with Gasteiger partial charge in [-0.1, -0.05) is 24.4 Å². The molecule has 0 atom stereocenters. The molecule has 2 amide bonds. The molecule has 1 heterocycles. The summed E-state index contributed by atoms with van der Waals surface area (Å²) in [5.41, 5.74) is -0.156. The van der Waals surface area contributed by atoms with Crippen LogP contribution in [0.25, 0.3) is 0 Å². The molecule has 1 aromatic carbocycles. The van der Waals surface area contributed by atoms with Crippen LogP contribution in [0, 0.1) is 5.41 Å². The van der Waals surface area contributed by atoms with E-state index in [1.54, 1.807) is 17.0 Å². The minimum Gasteiger partial charge on any atom is -0.481 e. The highest BCUT2D eigenvalue weighted by molar-refractivity contribution is 6.34. The van der Waals surface area contributed by atoms with Gasteiger partial charge < -0.3 is 20.1 Å². The second kappa shape index (κ2) is 8.27. The number of amides is 2. The van der Waals surface area contributed by atoms with E-state index in [4.69, 9.17) is 16.3 Å². The Morgan fingerprint density at radius 2 is 1.85 bits per heavy atom. The van der Waals surface area contributed by atoms with E-state index in [1.165, 1.54) is 6.07 Å². The number of hydrogen-bond donors (Lipinski definition) is 2. The maximum Gasteiger partial charge on any atom is 0.310 e. The van der Waals surface area contributed by atoms with Gasteiger partial charge in [0.25, 0.3) is 5.91 Å². The highest BCUT2D eigenvalue weighted by Crippen LogP contribution is 2.41. The summed E-state index contributed by atoms with van der Waals surface area (Å²) in [6.07, 6.45) is 2.62. The van der Waals surface area contributed by atoms with Gasteiger partial charge in [0, 0.05) is 25.2 Å². The van der Waals surface area contributed by atoms with Gasteiger partial charge in [0.1, 0.15) is 0 Å². The third-order valence-electron chi connectivity index (χ3n) is 5.29. The van der Waals surface area contributed by atoms with Gasteiger partial charge in [-0.15, -0.1) is 0 Å². The molecule has 8 heteroatoms. The molecule has 1 aliphatic heterocycles. The zero-order valence-corrected chi connectivity index (χ0v) is 15.8. The van der Waals surface area contributed by atoms with E-state index in [2.05, 4.69) is 5.32 Å². The third kappa shape index (κ3) is 4.42. The average Bonchev–Trinajstić information content (AvgIpc) is 3.12. The fraction of sp³-hybridized carbons (Fsp3) is 0.526. The minimum atomic E-state index is -0.972. The number of aliphatic carboxylic acids is 1. The smallest absolute Gasteiger partial charge is 0.310 e. The quantitative estimate of drug-likeness (QED) is 0.800. The first-order chi connectivity index (χ1) is 12.9. The summed E-state index contributed by atoms with van der Waals surface area (Å²) in [6, 6.07) is 4.72. The molecule has 2 aliphatic rings. The van der Waals surface area contributed by atoms with E-state index in [0.717, 1.165) is 12.8 Å². The monoisotopic (exact) mass is 394 g/mol. The van der Waals surface area contributed by atoms with E-state index < -0.39 is 11.4 Å². The number of rotatable bonds is 5. The van der Waals surface area contributed by atoms with Crippen molar-refractivity contribution in [3.63, 3.8) is 0 Å². The van der Waals surface area contributed by atoms with Crippen molar-refractivity contribution in [2.45, 2.75) is 32.1 Å². The van der Waals surface area contributed by atoms with Gasteiger partial charge in [-0.25, -0.2) is 0 Å². The summed E-state index contributed by atoms with van der Waals surface area (Å²) >= 11 is 6.25. The highest BCUT2D eigenvalue weighted by atomic mass is 35.5. The predicted molar refractivity (Wildman–Crippen MR) is 100.0 cm³/mol. The molecular weight excluding hydrogens is 372 g/mol. The Kier molecular flexibility index (Phi) is 6.01. The van der Waals surface area contributed by atoms with E-state index in [9.17, 15) is 19.5 Å². The lowest BCUT2D eigenvalue weighted by Gasteiger charge is -2.27. The molecule has 1 saturated carbocycles. The number of hydrogen-bond acceptors (Lipinski definition) is 4. The molecule has 0 spiro atoms. The van der Waals surface area contributed by atoms with Crippen LogP contribution in [0.5, 0.6) is 0 Å². The van der Waals surface area contributed by atoms with Crippen LogP contribution in [-0.2, 0) is 14.3 Å². The number of nitrogens with zero attached hydrogens (tertiary/aromatic N) is 1. The second-order valence-corrected chi connectivity index (χ2v) is 7.52. The summed E-state index contributed by atoms with van der Waals surface area (Å²) in [5.74, 6) is -1.45. The molecule has 2 N–H and O–H groups in total. The molecule has 1 aromatic rings. The number of halogens is 1. The normalized spacial score (nSPS) is 18.9. The first kappa shape index (κ1) is 19.6. The Bertz CT molecular complexity index is 740. The minimum absolute atomic E-state index is 0.0611. The van der Waals surface area contributed by atoms with Crippen molar-refractivity contribution >= 4 is 35.1 Å². The molecule has 0 aromatic heterocycles. The zero-order valence-electron chi connectivity index (χ0n) is 15.0. The second-order valence-electron chi connectivity index (χ2n) is 7.12. The number of morpholine rings is 1. The van der Waals surface area contributed by atoms with Crippen LogP contribution in [0.4, 0.5) is 5.69 Å². The van der Waals surface area contributed by atoms with Crippen molar-refractivity contribution in [1.82, 2.24) is 4.90 Å². The van der Waals surface area contributed by atoms with Crippen molar-refractivity contribution in [1.29, 1.82) is 0 Å². The summed E-state index contributed by atoms with van der Waals surface area (Å²) in [5, 5.41) is 12.4. The van der Waals surface area contributed by atoms with Crippen molar-refractivity contribution in [2.24, 2.45) is 5.41 Å². The van der Waals surface area contributed by atoms with Gasteiger partial charge in [-0.2, -0.15) is 0 Å². The SMILES string of the molecule is O=C(CC1(C(=O)O)CCCC1)Nc1ccc(C(=O)N2CCOCC2)c(Cl)c1. The predicted octanol–water partition coefficient (Wildman–Crippen LogP) is 2.79. The molecule has 0 unspecified atom stereocenters. The molecule has 0 radical (unpaired) electrons. The van der Waals surface area contributed by atoms with Crippen LogP contribution in [0.15, 0.2) is 18.2 Å². The van der Waals surface area contributed by atoms with Crippen molar-refractivity contribution in [3.05, 3.63) is 28.8 Å². The number of nitrogens with one attached hydrogen (secondary N) is 1. The summed E-state index contributed by atoms with van der Waals surface area (Å²) < 4.78 is 5.24. The maximum absolute atomic E-state index is 12.5. The van der Waals surface area contributed by atoms with Crippen molar-refractivity contribution in [2.75, 3.05) is 31.6 Å². The molecule has 1 aliphatic carbocycles. The highest BCUT2D eigenvalue weighted by Gasteiger charge is 2.43. The Balaban J connectivity index is 1.65. The number of carboxylic acids is 1. The molecule has 0 bridgehead atoms. The molecule has 27 heavy (non-hydrogen) atoms. The largest absolute Gasteiger partial charge is 0.481 e. The van der Waals surface area contributed by atoms with Gasteiger partial charge in [-0.05, 0) is 31.0 Å². The zero-order chi connectivity index (χ0) is 19.4. The number of ether oxygens (including phenoxy) is 1. The van der Waals surface area contributed by atoms with Crippen molar-refractivity contribution < 1.29 is 24.2 Å². The number of carbonyl (C=O) groups excluding carboxylic acids is 2. The lowest BCUT2D eigenvalue weighted by Crippen LogP contribution is -2.40. The van der Waals surface area contributed by atoms with Crippen LogP contribution >= 0.6 is 11.6 Å². The molecule has 1 saturated heterocycles. The number of carboxylic acid groups (broad SMARTS) is 1. The fourth-order valence-corrected chi connectivity index (χ4v) is 4.00. The topological polar surface area (TPSA) is 95.9 Å².